The van der Waals surface area contributed by atoms with Crippen molar-refractivity contribution in [1.29, 1.82) is 0 Å². The summed E-state index contributed by atoms with van der Waals surface area (Å²) in [6.07, 6.45) is 3.50. The lowest BCUT2D eigenvalue weighted by Gasteiger charge is -2.16. The van der Waals surface area contributed by atoms with Gasteiger partial charge in [-0.15, -0.1) is 0 Å². The van der Waals surface area contributed by atoms with E-state index in [1.165, 1.54) is 0 Å². The summed E-state index contributed by atoms with van der Waals surface area (Å²) in [4.78, 5) is 31.6. The zero-order valence-electron chi connectivity index (χ0n) is 11.9. The summed E-state index contributed by atoms with van der Waals surface area (Å²) in [5, 5.41) is 11.7. The lowest BCUT2D eigenvalue weighted by molar-refractivity contribution is -0.139. The van der Waals surface area contributed by atoms with E-state index in [9.17, 15) is 9.59 Å². The molecule has 0 saturated carbocycles. The second-order valence-corrected chi connectivity index (χ2v) is 5.25. The molecule has 2 aromatic rings. The smallest absolute Gasteiger partial charge is 0.326 e. The van der Waals surface area contributed by atoms with Crippen molar-refractivity contribution in [1.82, 2.24) is 15.3 Å². The molecule has 1 amide bonds. The number of aliphatic carboxylic acids is 1. The molecule has 1 aromatic heterocycles. The maximum atomic E-state index is 12.2. The van der Waals surface area contributed by atoms with E-state index in [-0.39, 0.29) is 5.92 Å². The molecule has 0 spiro atoms. The van der Waals surface area contributed by atoms with Gasteiger partial charge in [0.15, 0.2) is 0 Å². The summed E-state index contributed by atoms with van der Waals surface area (Å²) in [6.45, 7) is 3.82. The summed E-state index contributed by atoms with van der Waals surface area (Å²) in [5.74, 6) is -1.28. The molecule has 0 aliphatic heterocycles. The fourth-order valence-electron chi connectivity index (χ4n) is 2.04. The van der Waals surface area contributed by atoms with E-state index in [0.717, 1.165) is 0 Å². The van der Waals surface area contributed by atoms with Gasteiger partial charge in [-0.2, -0.15) is 0 Å². The first-order chi connectivity index (χ1) is 9.97. The van der Waals surface area contributed by atoms with E-state index < -0.39 is 17.9 Å². The molecule has 0 fully saturated rings. The monoisotopic (exact) mass is 287 g/mol. The van der Waals surface area contributed by atoms with Gasteiger partial charge in [0.25, 0.3) is 5.91 Å². The van der Waals surface area contributed by atoms with Crippen LogP contribution in [0.5, 0.6) is 0 Å². The van der Waals surface area contributed by atoms with Crippen molar-refractivity contribution in [2.24, 2.45) is 5.92 Å². The molecule has 1 heterocycles. The van der Waals surface area contributed by atoms with E-state index in [1.807, 2.05) is 13.8 Å². The number of amides is 1. The van der Waals surface area contributed by atoms with Crippen LogP contribution in [-0.2, 0) is 4.79 Å². The van der Waals surface area contributed by atoms with Crippen LogP contribution < -0.4 is 5.32 Å². The number of benzene rings is 1. The maximum Gasteiger partial charge on any atom is 0.326 e. The fraction of sp³-hybridized carbons (Fsp3) is 0.333. The van der Waals surface area contributed by atoms with Gasteiger partial charge in [-0.25, -0.2) is 4.79 Å². The molecule has 0 bridgehead atoms. The SMILES string of the molecule is CC(C)C[C@H](NC(=O)c1ccc2nccnc2c1)C(=O)O. The molecule has 0 unspecified atom stereocenters. The Morgan fingerprint density at radius 3 is 2.48 bits per heavy atom. The Labute approximate surface area is 122 Å². The van der Waals surface area contributed by atoms with Gasteiger partial charge >= 0.3 is 5.97 Å². The first-order valence-electron chi connectivity index (χ1n) is 6.72. The highest BCUT2D eigenvalue weighted by molar-refractivity contribution is 5.99. The number of hydrogen-bond acceptors (Lipinski definition) is 4. The van der Waals surface area contributed by atoms with Crippen LogP contribution in [0.1, 0.15) is 30.6 Å². The number of carboxylic acids is 1. The minimum atomic E-state index is -1.03. The highest BCUT2D eigenvalue weighted by Crippen LogP contribution is 2.12. The number of nitrogens with one attached hydrogen (secondary N) is 1. The topological polar surface area (TPSA) is 92.2 Å². The molecule has 1 aromatic carbocycles. The molecule has 6 heteroatoms. The lowest BCUT2D eigenvalue weighted by atomic mass is 10.0. The molecule has 2 rings (SSSR count). The Bertz CT molecular complexity index is 670. The highest BCUT2D eigenvalue weighted by atomic mass is 16.4. The van der Waals surface area contributed by atoms with Crippen LogP contribution >= 0.6 is 0 Å². The molecule has 1 atom stereocenters. The van der Waals surface area contributed by atoms with Crippen LogP contribution in [-0.4, -0.2) is 33.0 Å². The number of rotatable bonds is 5. The first kappa shape index (κ1) is 14.9. The minimum Gasteiger partial charge on any atom is -0.480 e. The summed E-state index contributed by atoms with van der Waals surface area (Å²) in [6, 6.07) is 4.01. The third kappa shape index (κ3) is 3.75. The van der Waals surface area contributed by atoms with Crippen molar-refractivity contribution in [3.8, 4) is 0 Å². The van der Waals surface area contributed by atoms with Crippen LogP contribution in [0, 0.1) is 5.92 Å². The number of fused-ring (bicyclic) bond motifs is 1. The fourth-order valence-corrected chi connectivity index (χ4v) is 2.04. The zero-order chi connectivity index (χ0) is 15.4. The average Bonchev–Trinajstić information content (AvgIpc) is 2.45. The Morgan fingerprint density at radius 2 is 1.86 bits per heavy atom. The summed E-state index contributed by atoms with van der Waals surface area (Å²) in [5.41, 5.74) is 1.66. The molecule has 21 heavy (non-hydrogen) atoms. The van der Waals surface area contributed by atoms with Crippen molar-refractivity contribution >= 4 is 22.9 Å². The van der Waals surface area contributed by atoms with Crippen LogP contribution in [0.4, 0.5) is 0 Å². The largest absolute Gasteiger partial charge is 0.480 e. The number of carbonyl (C=O) groups excluding carboxylic acids is 1. The number of carbonyl (C=O) groups is 2. The van der Waals surface area contributed by atoms with Gasteiger partial charge in [0, 0.05) is 18.0 Å². The van der Waals surface area contributed by atoms with Crippen LogP contribution in [0.25, 0.3) is 11.0 Å². The van der Waals surface area contributed by atoms with Crippen molar-refractivity contribution < 1.29 is 14.7 Å². The summed E-state index contributed by atoms with van der Waals surface area (Å²) in [7, 11) is 0. The van der Waals surface area contributed by atoms with Crippen molar-refractivity contribution in [2.45, 2.75) is 26.3 Å². The van der Waals surface area contributed by atoms with Crippen LogP contribution in [0.2, 0.25) is 0 Å². The van der Waals surface area contributed by atoms with Gasteiger partial charge in [-0.05, 0) is 30.5 Å². The van der Waals surface area contributed by atoms with Crippen LogP contribution in [0.15, 0.2) is 30.6 Å². The lowest BCUT2D eigenvalue weighted by Crippen LogP contribution is -2.41. The van der Waals surface area contributed by atoms with Gasteiger partial charge in [-0.3, -0.25) is 14.8 Å². The normalized spacial score (nSPS) is 12.3. The third-order valence-corrected chi connectivity index (χ3v) is 3.04. The Morgan fingerprint density at radius 1 is 1.19 bits per heavy atom. The van der Waals surface area contributed by atoms with Gasteiger partial charge in [0.05, 0.1) is 11.0 Å². The minimum absolute atomic E-state index is 0.175. The van der Waals surface area contributed by atoms with Gasteiger partial charge in [0.1, 0.15) is 6.04 Å². The molecule has 2 N–H and O–H groups in total. The number of aromatic nitrogens is 2. The zero-order valence-corrected chi connectivity index (χ0v) is 11.9. The summed E-state index contributed by atoms with van der Waals surface area (Å²) < 4.78 is 0. The number of carboxylic acid groups (broad SMARTS) is 1. The Hall–Kier alpha value is -2.50. The molecule has 110 valence electrons. The molecule has 0 radical (unpaired) electrons. The van der Waals surface area contributed by atoms with Gasteiger partial charge < -0.3 is 10.4 Å². The molecule has 0 aliphatic rings. The highest BCUT2D eigenvalue weighted by Gasteiger charge is 2.21. The molecule has 0 saturated heterocycles. The van der Waals surface area contributed by atoms with Gasteiger partial charge in [-0.1, -0.05) is 13.8 Å². The van der Waals surface area contributed by atoms with E-state index in [2.05, 4.69) is 15.3 Å². The quantitative estimate of drug-likeness (QED) is 0.875. The van der Waals surface area contributed by atoms with Crippen molar-refractivity contribution in [2.75, 3.05) is 0 Å². The van der Waals surface area contributed by atoms with Gasteiger partial charge in [0.2, 0.25) is 0 Å². The average molecular weight is 287 g/mol. The molecule has 0 aliphatic carbocycles. The van der Waals surface area contributed by atoms with E-state index in [0.29, 0.717) is 23.0 Å². The Balaban J connectivity index is 2.19. The van der Waals surface area contributed by atoms with E-state index in [4.69, 9.17) is 5.11 Å². The van der Waals surface area contributed by atoms with E-state index in [1.54, 1.807) is 30.6 Å². The van der Waals surface area contributed by atoms with Crippen molar-refractivity contribution in [3.63, 3.8) is 0 Å². The number of hydrogen-bond donors (Lipinski definition) is 2. The number of nitrogens with zero attached hydrogens (tertiary/aromatic N) is 2. The van der Waals surface area contributed by atoms with Crippen LogP contribution in [0.3, 0.4) is 0 Å². The predicted molar refractivity (Wildman–Crippen MR) is 77.9 cm³/mol. The maximum absolute atomic E-state index is 12.2. The van der Waals surface area contributed by atoms with E-state index >= 15 is 0 Å². The predicted octanol–water partition coefficient (Wildman–Crippen LogP) is 1.86. The molecule has 6 nitrogen and oxygen atoms in total. The second kappa shape index (κ2) is 6.30. The Kier molecular flexibility index (Phi) is 4.47. The first-order valence-corrected chi connectivity index (χ1v) is 6.72. The second-order valence-electron chi connectivity index (χ2n) is 5.25. The summed E-state index contributed by atoms with van der Waals surface area (Å²) >= 11 is 0. The standard InChI is InChI=1S/C15H17N3O3/c1-9(2)7-13(15(20)21)18-14(19)10-3-4-11-12(8-10)17-6-5-16-11/h3-6,8-9,13H,7H2,1-2H3,(H,18,19)(H,20,21)/t13-/m0/s1. The third-order valence-electron chi connectivity index (χ3n) is 3.04. The molecular formula is C15H17N3O3. The van der Waals surface area contributed by atoms with Crippen molar-refractivity contribution in [3.05, 3.63) is 36.2 Å². The molecular weight excluding hydrogens is 270 g/mol.